The zero-order chi connectivity index (χ0) is 16.9. The van der Waals surface area contributed by atoms with Gasteiger partial charge in [-0.2, -0.15) is 10.2 Å². The third kappa shape index (κ3) is 3.71. The Morgan fingerprint density at radius 3 is 2.75 bits per heavy atom. The molecule has 1 aromatic carbocycles. The molecule has 2 aromatic heterocycles. The number of aromatic nitrogens is 4. The van der Waals surface area contributed by atoms with Crippen molar-refractivity contribution in [3.05, 3.63) is 65.1 Å². The molecule has 0 atom stereocenters. The summed E-state index contributed by atoms with van der Waals surface area (Å²) in [6.07, 6.45) is 1.77. The summed E-state index contributed by atoms with van der Waals surface area (Å²) in [6.45, 7) is 4.48. The number of hydrogen-bond donors (Lipinski definition) is 2. The van der Waals surface area contributed by atoms with Crippen LogP contribution in [0.4, 0.5) is 5.82 Å². The lowest BCUT2D eigenvalue weighted by atomic mass is 10.1. The highest BCUT2D eigenvalue weighted by Crippen LogP contribution is 2.12. The van der Waals surface area contributed by atoms with Gasteiger partial charge in [0.15, 0.2) is 5.82 Å². The quantitative estimate of drug-likeness (QED) is 0.732. The molecule has 0 bridgehead atoms. The van der Waals surface area contributed by atoms with Gasteiger partial charge in [0.1, 0.15) is 5.69 Å². The van der Waals surface area contributed by atoms with Gasteiger partial charge in [0.2, 0.25) is 0 Å². The number of hydrogen-bond acceptors (Lipinski definition) is 3. The van der Waals surface area contributed by atoms with E-state index in [1.165, 1.54) is 5.56 Å². The molecule has 24 heavy (non-hydrogen) atoms. The molecule has 6 heteroatoms. The number of amides is 1. The van der Waals surface area contributed by atoms with Crippen LogP contribution in [-0.4, -0.2) is 25.9 Å². The van der Waals surface area contributed by atoms with Crippen molar-refractivity contribution in [3.8, 4) is 0 Å². The maximum absolute atomic E-state index is 12.4. The van der Waals surface area contributed by atoms with E-state index < -0.39 is 0 Å². The minimum atomic E-state index is -0.196. The van der Waals surface area contributed by atoms with Crippen molar-refractivity contribution in [2.45, 2.75) is 33.2 Å². The maximum Gasteiger partial charge on any atom is 0.275 e. The van der Waals surface area contributed by atoms with Crippen LogP contribution in [0.15, 0.2) is 42.5 Å². The predicted molar refractivity (Wildman–Crippen MR) is 93.0 cm³/mol. The van der Waals surface area contributed by atoms with Crippen molar-refractivity contribution in [3.63, 3.8) is 0 Å². The lowest BCUT2D eigenvalue weighted by molar-refractivity contribution is 0.101. The van der Waals surface area contributed by atoms with Crippen molar-refractivity contribution in [2.75, 3.05) is 5.32 Å². The van der Waals surface area contributed by atoms with Crippen molar-refractivity contribution < 1.29 is 4.79 Å². The lowest BCUT2D eigenvalue weighted by Crippen LogP contribution is -2.17. The first-order valence-corrected chi connectivity index (χ1v) is 8.09. The number of benzene rings is 1. The van der Waals surface area contributed by atoms with Gasteiger partial charge in [-0.1, -0.05) is 30.3 Å². The summed E-state index contributed by atoms with van der Waals surface area (Å²) in [6, 6.07) is 13.9. The molecule has 6 nitrogen and oxygen atoms in total. The summed E-state index contributed by atoms with van der Waals surface area (Å²) in [5.74, 6) is 0.336. The molecule has 0 aliphatic heterocycles. The molecule has 0 aliphatic carbocycles. The minimum Gasteiger partial charge on any atom is -0.304 e. The van der Waals surface area contributed by atoms with E-state index in [-0.39, 0.29) is 5.91 Å². The van der Waals surface area contributed by atoms with Gasteiger partial charge in [-0.3, -0.25) is 14.6 Å². The molecule has 1 amide bonds. The second-order valence-corrected chi connectivity index (χ2v) is 5.70. The fourth-order valence-electron chi connectivity index (χ4n) is 2.63. The molecule has 0 saturated carbocycles. The summed E-state index contributed by atoms with van der Waals surface area (Å²) < 4.78 is 1.69. The summed E-state index contributed by atoms with van der Waals surface area (Å²) >= 11 is 0. The average molecular weight is 323 g/mol. The van der Waals surface area contributed by atoms with Gasteiger partial charge in [0.05, 0.1) is 5.69 Å². The maximum atomic E-state index is 12.4. The number of nitrogens with zero attached hydrogens (tertiary/aromatic N) is 3. The smallest absolute Gasteiger partial charge is 0.275 e. The Hall–Kier alpha value is -2.89. The van der Waals surface area contributed by atoms with Crippen LogP contribution in [0.3, 0.4) is 0 Å². The Balaban J connectivity index is 1.62. The first-order chi connectivity index (χ1) is 11.7. The molecule has 0 spiro atoms. The van der Waals surface area contributed by atoms with E-state index in [4.69, 9.17) is 0 Å². The van der Waals surface area contributed by atoms with E-state index in [2.05, 4.69) is 32.7 Å². The fraction of sp³-hybridized carbons (Fsp3) is 0.278. The van der Waals surface area contributed by atoms with Crippen LogP contribution < -0.4 is 5.32 Å². The molecule has 0 unspecified atom stereocenters. The van der Waals surface area contributed by atoms with Gasteiger partial charge in [-0.25, -0.2) is 0 Å². The van der Waals surface area contributed by atoms with Crippen LogP contribution >= 0.6 is 0 Å². The van der Waals surface area contributed by atoms with Crippen LogP contribution in [0, 0.1) is 6.92 Å². The normalized spacial score (nSPS) is 10.8. The lowest BCUT2D eigenvalue weighted by Gasteiger charge is -2.03. The van der Waals surface area contributed by atoms with Crippen LogP contribution in [0.5, 0.6) is 0 Å². The van der Waals surface area contributed by atoms with Crippen LogP contribution in [0.2, 0.25) is 0 Å². The van der Waals surface area contributed by atoms with Crippen molar-refractivity contribution in [2.24, 2.45) is 0 Å². The summed E-state index contributed by atoms with van der Waals surface area (Å²) in [5.41, 5.74) is 3.64. The van der Waals surface area contributed by atoms with E-state index >= 15 is 0 Å². The van der Waals surface area contributed by atoms with E-state index in [9.17, 15) is 4.79 Å². The monoisotopic (exact) mass is 323 g/mol. The van der Waals surface area contributed by atoms with Gasteiger partial charge in [-0.05, 0) is 38.3 Å². The van der Waals surface area contributed by atoms with Crippen LogP contribution in [0.25, 0.3) is 0 Å². The first-order valence-electron chi connectivity index (χ1n) is 8.09. The first kappa shape index (κ1) is 16.0. The van der Waals surface area contributed by atoms with Crippen molar-refractivity contribution >= 4 is 11.7 Å². The highest BCUT2D eigenvalue weighted by atomic mass is 16.2. The van der Waals surface area contributed by atoms with Crippen LogP contribution in [0.1, 0.15) is 34.4 Å². The van der Waals surface area contributed by atoms with E-state index in [0.29, 0.717) is 18.1 Å². The zero-order valence-corrected chi connectivity index (χ0v) is 13.9. The third-order valence-electron chi connectivity index (χ3n) is 3.83. The van der Waals surface area contributed by atoms with E-state index in [1.807, 2.05) is 38.1 Å². The molecule has 3 rings (SSSR count). The number of aromatic amines is 1. The van der Waals surface area contributed by atoms with Crippen molar-refractivity contribution in [1.82, 2.24) is 20.0 Å². The van der Waals surface area contributed by atoms with E-state index in [1.54, 1.807) is 10.7 Å². The Labute approximate surface area is 140 Å². The van der Waals surface area contributed by atoms with E-state index in [0.717, 1.165) is 24.2 Å². The molecule has 124 valence electrons. The zero-order valence-electron chi connectivity index (χ0n) is 13.9. The molecule has 2 N–H and O–H groups in total. The number of anilines is 1. The summed E-state index contributed by atoms with van der Waals surface area (Å²) in [4.78, 5) is 12.4. The van der Waals surface area contributed by atoms with Gasteiger partial charge < -0.3 is 5.32 Å². The summed E-state index contributed by atoms with van der Waals surface area (Å²) in [7, 11) is 0. The Morgan fingerprint density at radius 1 is 1.21 bits per heavy atom. The number of nitrogens with one attached hydrogen (secondary N) is 2. The SMILES string of the molecule is CCn1nc(C)cc1C(=O)Nc1cc(CCc2ccccc2)[nH]n1. The van der Waals surface area contributed by atoms with Crippen molar-refractivity contribution in [1.29, 1.82) is 0 Å². The highest BCUT2D eigenvalue weighted by Gasteiger charge is 2.14. The second-order valence-electron chi connectivity index (χ2n) is 5.70. The van der Waals surface area contributed by atoms with Gasteiger partial charge in [0, 0.05) is 18.3 Å². The molecule has 0 fully saturated rings. The standard InChI is InChI=1S/C18H21N5O/c1-3-23-16(11-13(2)22-23)18(24)19-17-12-15(20-21-17)10-9-14-7-5-4-6-8-14/h4-8,11-12H,3,9-10H2,1-2H3,(H2,19,20,21,24). The molecule has 2 heterocycles. The molecular formula is C18H21N5O. The Kier molecular flexibility index (Phi) is 4.74. The summed E-state index contributed by atoms with van der Waals surface area (Å²) in [5, 5.41) is 14.3. The molecular weight excluding hydrogens is 302 g/mol. The van der Waals surface area contributed by atoms with Crippen LogP contribution in [-0.2, 0) is 19.4 Å². The van der Waals surface area contributed by atoms with Gasteiger partial charge in [-0.15, -0.1) is 0 Å². The number of carbonyl (C=O) groups is 1. The predicted octanol–water partition coefficient (Wildman–Crippen LogP) is 2.97. The molecule has 3 aromatic rings. The molecule has 0 radical (unpaired) electrons. The fourth-order valence-corrected chi connectivity index (χ4v) is 2.63. The van der Waals surface area contributed by atoms with Gasteiger partial charge >= 0.3 is 0 Å². The second kappa shape index (κ2) is 7.12. The number of H-pyrrole nitrogens is 1. The third-order valence-corrected chi connectivity index (χ3v) is 3.83. The molecule has 0 saturated heterocycles. The average Bonchev–Trinajstić information content (AvgIpc) is 3.20. The highest BCUT2D eigenvalue weighted by molar-refractivity contribution is 6.02. The Morgan fingerprint density at radius 2 is 2.00 bits per heavy atom. The Bertz CT molecular complexity index is 819. The topological polar surface area (TPSA) is 75.6 Å². The number of carbonyl (C=O) groups excluding carboxylic acids is 1. The minimum absolute atomic E-state index is 0.196. The number of rotatable bonds is 6. The molecule has 0 aliphatic rings. The largest absolute Gasteiger partial charge is 0.304 e. The number of aryl methyl sites for hydroxylation is 4. The van der Waals surface area contributed by atoms with Gasteiger partial charge in [0.25, 0.3) is 5.91 Å².